The van der Waals surface area contributed by atoms with Crippen molar-refractivity contribution in [1.82, 2.24) is 4.98 Å². The van der Waals surface area contributed by atoms with Crippen molar-refractivity contribution in [3.63, 3.8) is 0 Å². The van der Waals surface area contributed by atoms with Crippen molar-refractivity contribution < 1.29 is 37.0 Å². The number of carboxylic acids is 1. The highest BCUT2D eigenvalue weighted by molar-refractivity contribution is 5.95. The van der Waals surface area contributed by atoms with Crippen LogP contribution in [0.3, 0.4) is 0 Å². The van der Waals surface area contributed by atoms with Gasteiger partial charge in [0.05, 0.1) is 23.7 Å². The fourth-order valence-corrected chi connectivity index (χ4v) is 2.12. The number of pyridine rings is 1. The number of aliphatic carboxylic acids is 1. The Balaban J connectivity index is 1.88. The number of ether oxygens (including phenoxy) is 1. The van der Waals surface area contributed by atoms with Crippen LogP contribution < -0.4 is 10.1 Å². The van der Waals surface area contributed by atoms with Gasteiger partial charge in [0.1, 0.15) is 0 Å². The summed E-state index contributed by atoms with van der Waals surface area (Å²) in [5.74, 6) is -7.47. The first-order valence-electron chi connectivity index (χ1n) is 6.99. The summed E-state index contributed by atoms with van der Waals surface area (Å²) in [5, 5.41) is 11.4. The highest BCUT2D eigenvalue weighted by atomic mass is 19.3. The van der Waals surface area contributed by atoms with Gasteiger partial charge in [0.15, 0.2) is 6.61 Å². The highest BCUT2D eigenvalue weighted by Gasteiger charge is 2.42. The summed E-state index contributed by atoms with van der Waals surface area (Å²) in [7, 11) is 0. The zero-order chi connectivity index (χ0) is 17.9. The number of halogens is 4. The van der Waals surface area contributed by atoms with Gasteiger partial charge in [0.25, 0.3) is 0 Å². The molecule has 0 spiro atoms. The number of carbonyl (C=O) groups excluding carboxylic acids is 1. The standard InChI is InChI=1S/C14H14F4N2O4/c15-13(16)14(17,18)6-24-10-4-1-7(5-19-10)20-11(21)8-2-3-9(8)12(22)23/h1,4-5,8-9,13H,2-3,6H2,(H,20,21)(H,22,23). The zero-order valence-electron chi connectivity index (χ0n) is 12.2. The van der Waals surface area contributed by atoms with E-state index in [1.54, 1.807) is 0 Å². The number of hydrogen-bond acceptors (Lipinski definition) is 4. The first kappa shape index (κ1) is 18.0. The van der Waals surface area contributed by atoms with Crippen LogP contribution in [0, 0.1) is 11.8 Å². The van der Waals surface area contributed by atoms with Crippen LogP contribution in [0.15, 0.2) is 18.3 Å². The summed E-state index contributed by atoms with van der Waals surface area (Å²) in [6.45, 7) is -1.52. The maximum absolute atomic E-state index is 12.7. The van der Waals surface area contributed by atoms with E-state index in [0.29, 0.717) is 12.8 Å². The molecule has 1 saturated carbocycles. The number of amides is 1. The number of hydrogen-bond donors (Lipinski definition) is 2. The third-order valence-electron chi connectivity index (χ3n) is 3.66. The lowest BCUT2D eigenvalue weighted by Gasteiger charge is -2.31. The zero-order valence-corrected chi connectivity index (χ0v) is 12.2. The molecule has 1 amide bonds. The van der Waals surface area contributed by atoms with Gasteiger partial charge in [0.2, 0.25) is 11.8 Å². The van der Waals surface area contributed by atoms with E-state index in [4.69, 9.17) is 5.11 Å². The lowest BCUT2D eigenvalue weighted by Crippen LogP contribution is -2.41. The van der Waals surface area contributed by atoms with E-state index in [0.717, 1.165) is 12.3 Å². The Kier molecular flexibility index (Phi) is 5.25. The van der Waals surface area contributed by atoms with Crippen molar-refractivity contribution in [3.8, 4) is 5.88 Å². The minimum absolute atomic E-state index is 0.212. The second-order valence-electron chi connectivity index (χ2n) is 5.35. The molecule has 2 rings (SSSR count). The number of nitrogens with one attached hydrogen (secondary N) is 1. The van der Waals surface area contributed by atoms with Crippen LogP contribution in [0.1, 0.15) is 12.8 Å². The molecule has 24 heavy (non-hydrogen) atoms. The van der Waals surface area contributed by atoms with E-state index in [1.807, 2.05) is 0 Å². The molecular formula is C14H14F4N2O4. The van der Waals surface area contributed by atoms with Crippen molar-refractivity contribution >= 4 is 17.6 Å². The molecule has 2 N–H and O–H groups in total. The van der Waals surface area contributed by atoms with Gasteiger partial charge >= 0.3 is 18.3 Å². The third kappa shape index (κ3) is 4.12. The van der Waals surface area contributed by atoms with E-state index in [2.05, 4.69) is 15.0 Å². The number of alkyl halides is 4. The second-order valence-corrected chi connectivity index (χ2v) is 5.35. The summed E-state index contributed by atoms with van der Waals surface area (Å²) in [4.78, 5) is 26.4. The quantitative estimate of drug-likeness (QED) is 0.738. The van der Waals surface area contributed by atoms with Crippen molar-refractivity contribution in [2.75, 3.05) is 11.9 Å². The van der Waals surface area contributed by atoms with Gasteiger partial charge in [0, 0.05) is 6.07 Å². The summed E-state index contributed by atoms with van der Waals surface area (Å²) in [5.41, 5.74) is 0.212. The molecule has 6 nitrogen and oxygen atoms in total. The van der Waals surface area contributed by atoms with E-state index in [1.165, 1.54) is 6.07 Å². The molecule has 2 unspecified atom stereocenters. The summed E-state index contributed by atoms with van der Waals surface area (Å²) < 4.78 is 53.9. The van der Waals surface area contributed by atoms with Crippen molar-refractivity contribution in [2.24, 2.45) is 11.8 Å². The van der Waals surface area contributed by atoms with Crippen LogP contribution >= 0.6 is 0 Å². The Hall–Kier alpha value is -2.39. The van der Waals surface area contributed by atoms with Crippen LogP contribution in [0.5, 0.6) is 5.88 Å². The van der Waals surface area contributed by atoms with Crippen LogP contribution in [-0.4, -0.2) is 40.9 Å². The third-order valence-corrected chi connectivity index (χ3v) is 3.66. The van der Waals surface area contributed by atoms with Gasteiger partial charge in [-0.2, -0.15) is 8.78 Å². The number of anilines is 1. The fourth-order valence-electron chi connectivity index (χ4n) is 2.12. The predicted octanol–water partition coefficient (Wildman–Crippen LogP) is 2.41. The molecule has 0 aromatic carbocycles. The Morgan fingerprint density at radius 1 is 1.33 bits per heavy atom. The van der Waals surface area contributed by atoms with Crippen LogP contribution in [-0.2, 0) is 9.59 Å². The lowest BCUT2D eigenvalue weighted by molar-refractivity contribution is -0.151. The smallest absolute Gasteiger partial charge is 0.340 e. The lowest BCUT2D eigenvalue weighted by atomic mass is 9.73. The summed E-state index contributed by atoms with van der Waals surface area (Å²) in [6, 6.07) is 2.42. The van der Waals surface area contributed by atoms with Gasteiger partial charge in [-0.15, -0.1) is 0 Å². The van der Waals surface area contributed by atoms with Gasteiger partial charge < -0.3 is 15.2 Å². The maximum atomic E-state index is 12.7. The SMILES string of the molecule is O=C(O)C1CCC1C(=O)Nc1ccc(OCC(F)(F)C(F)F)nc1. The normalized spacial score (nSPS) is 20.4. The molecular weight excluding hydrogens is 336 g/mol. The fraction of sp³-hybridized carbons (Fsp3) is 0.500. The van der Waals surface area contributed by atoms with Gasteiger partial charge in [-0.3, -0.25) is 9.59 Å². The number of aromatic nitrogens is 1. The van der Waals surface area contributed by atoms with Crippen molar-refractivity contribution in [1.29, 1.82) is 0 Å². The number of carboxylic acid groups (broad SMARTS) is 1. The Labute approximate surface area is 133 Å². The van der Waals surface area contributed by atoms with E-state index in [9.17, 15) is 27.2 Å². The van der Waals surface area contributed by atoms with E-state index in [-0.39, 0.29) is 11.6 Å². The molecule has 1 aromatic rings. The monoisotopic (exact) mass is 350 g/mol. The van der Waals surface area contributed by atoms with Gasteiger partial charge in [-0.05, 0) is 18.9 Å². The number of nitrogens with zero attached hydrogens (tertiary/aromatic N) is 1. The average molecular weight is 350 g/mol. The molecule has 1 aromatic heterocycles. The van der Waals surface area contributed by atoms with E-state index >= 15 is 0 Å². The van der Waals surface area contributed by atoms with Crippen LogP contribution in [0.2, 0.25) is 0 Å². The van der Waals surface area contributed by atoms with Crippen LogP contribution in [0.25, 0.3) is 0 Å². The number of carbonyl (C=O) groups is 2. The molecule has 1 heterocycles. The highest BCUT2D eigenvalue weighted by Crippen LogP contribution is 2.35. The van der Waals surface area contributed by atoms with Gasteiger partial charge in [-0.25, -0.2) is 13.8 Å². The Bertz CT molecular complexity index is 609. The first-order chi connectivity index (χ1) is 11.2. The molecule has 132 valence electrons. The molecule has 1 aliphatic rings. The first-order valence-corrected chi connectivity index (χ1v) is 6.99. The van der Waals surface area contributed by atoms with Crippen molar-refractivity contribution in [2.45, 2.75) is 25.2 Å². The van der Waals surface area contributed by atoms with E-state index < -0.39 is 42.7 Å². The molecule has 1 fully saturated rings. The topological polar surface area (TPSA) is 88.5 Å². The molecule has 0 saturated heterocycles. The molecule has 1 aliphatic carbocycles. The molecule has 0 radical (unpaired) electrons. The Morgan fingerprint density at radius 3 is 2.46 bits per heavy atom. The molecule has 0 aliphatic heterocycles. The van der Waals surface area contributed by atoms with Crippen molar-refractivity contribution in [3.05, 3.63) is 18.3 Å². The molecule has 0 bridgehead atoms. The summed E-state index contributed by atoms with van der Waals surface area (Å²) in [6.07, 6.45) is -1.86. The number of rotatable bonds is 7. The molecule has 2 atom stereocenters. The minimum Gasteiger partial charge on any atom is -0.481 e. The second kappa shape index (κ2) is 7.02. The largest absolute Gasteiger partial charge is 0.481 e. The van der Waals surface area contributed by atoms with Gasteiger partial charge in [-0.1, -0.05) is 0 Å². The average Bonchev–Trinajstić information content (AvgIpc) is 2.44. The summed E-state index contributed by atoms with van der Waals surface area (Å²) >= 11 is 0. The predicted molar refractivity (Wildman–Crippen MR) is 73.2 cm³/mol. The Morgan fingerprint density at radius 2 is 2.00 bits per heavy atom. The maximum Gasteiger partial charge on any atom is 0.340 e. The minimum atomic E-state index is -4.29. The van der Waals surface area contributed by atoms with Crippen LogP contribution in [0.4, 0.5) is 23.2 Å². The molecule has 10 heteroatoms.